The number of aliphatic hydroxyl groups is 3. The number of anilines is 2. The summed E-state index contributed by atoms with van der Waals surface area (Å²) in [4.78, 5) is 64.8. The second kappa shape index (κ2) is 12.1. The van der Waals surface area contributed by atoms with Crippen LogP contribution in [-0.2, 0) is 32.2 Å². The Bertz CT molecular complexity index is 2030. The highest BCUT2D eigenvalue weighted by molar-refractivity contribution is 7.51. The third kappa shape index (κ3) is 6.46. The predicted octanol–water partition coefficient (Wildman–Crippen LogP) is -3.37. The van der Waals surface area contributed by atoms with E-state index in [0.717, 1.165) is 28.5 Å². The number of imidazole rings is 2. The van der Waals surface area contributed by atoms with Crippen molar-refractivity contribution in [2.45, 2.75) is 49.1 Å². The number of ether oxygens (including phenoxy) is 2. The van der Waals surface area contributed by atoms with Crippen molar-refractivity contribution in [1.29, 1.82) is 0 Å². The maximum absolute atomic E-state index is 13.1. The number of hydrogen-bond donors (Lipinski definition) is 9. The molecule has 2 fully saturated rings. The van der Waals surface area contributed by atoms with Gasteiger partial charge in [0.05, 0.1) is 25.9 Å². The largest absolute Gasteiger partial charge is 0.472 e. The van der Waals surface area contributed by atoms with Crippen LogP contribution in [0.2, 0.25) is 0 Å². The molecular formula is C21H28N10O14P2. The number of phosphoric ester groups is 1. The quantitative estimate of drug-likeness (QED) is 0.0726. The summed E-state index contributed by atoms with van der Waals surface area (Å²) in [6.45, 7) is -0.694. The highest BCUT2D eigenvalue weighted by Crippen LogP contribution is 2.50. The molecule has 4 aromatic heterocycles. The number of rotatable bonds is 10. The summed E-state index contributed by atoms with van der Waals surface area (Å²) in [6.07, 6.45) is -10.5. The van der Waals surface area contributed by atoms with E-state index < -0.39 is 88.8 Å². The summed E-state index contributed by atoms with van der Waals surface area (Å²) in [6, 6.07) is 0. The van der Waals surface area contributed by atoms with Gasteiger partial charge in [-0.3, -0.25) is 42.3 Å². The van der Waals surface area contributed by atoms with Gasteiger partial charge in [0.15, 0.2) is 34.8 Å². The van der Waals surface area contributed by atoms with Gasteiger partial charge < -0.3 is 50.6 Å². The van der Waals surface area contributed by atoms with Gasteiger partial charge in [-0.05, 0) is 0 Å². The van der Waals surface area contributed by atoms with Gasteiger partial charge in [-0.15, -0.1) is 0 Å². The molecule has 2 saturated heterocycles. The highest BCUT2D eigenvalue weighted by Gasteiger charge is 2.51. The van der Waals surface area contributed by atoms with Crippen molar-refractivity contribution in [1.82, 2.24) is 39.0 Å². The Kier molecular flexibility index (Phi) is 8.57. The maximum Gasteiger partial charge on any atom is 0.472 e. The molecule has 6 rings (SSSR count). The zero-order valence-electron chi connectivity index (χ0n) is 23.8. The van der Waals surface area contributed by atoms with Gasteiger partial charge in [-0.2, -0.15) is 9.97 Å². The van der Waals surface area contributed by atoms with Crippen LogP contribution in [0, 0.1) is 0 Å². The Morgan fingerprint density at radius 3 is 1.85 bits per heavy atom. The van der Waals surface area contributed by atoms with Crippen LogP contribution in [-0.4, -0.2) is 121 Å². The Hall–Kier alpha value is -3.64. The monoisotopic (exact) mass is 706 g/mol. The molecule has 0 aromatic carbocycles. The molecule has 24 nitrogen and oxygen atoms in total. The molecule has 11 N–H and O–H groups in total. The van der Waals surface area contributed by atoms with Crippen molar-refractivity contribution < 1.29 is 57.3 Å². The zero-order valence-corrected chi connectivity index (χ0v) is 25.6. The van der Waals surface area contributed by atoms with Crippen molar-refractivity contribution in [2.24, 2.45) is 0 Å². The molecule has 0 amide bonds. The van der Waals surface area contributed by atoms with Gasteiger partial charge in [0.25, 0.3) is 11.1 Å². The minimum Gasteiger partial charge on any atom is -0.387 e. The molecule has 256 valence electrons. The maximum atomic E-state index is 13.1. The predicted molar refractivity (Wildman–Crippen MR) is 153 cm³/mol. The smallest absolute Gasteiger partial charge is 0.387 e. The molecule has 0 spiro atoms. The number of aromatic nitrogens is 8. The summed E-state index contributed by atoms with van der Waals surface area (Å²) >= 11 is 0. The Labute approximate surface area is 260 Å². The highest BCUT2D eigenvalue weighted by atomic mass is 31.2. The molecule has 6 heterocycles. The van der Waals surface area contributed by atoms with E-state index in [1.165, 1.54) is 0 Å². The van der Waals surface area contributed by atoms with Crippen molar-refractivity contribution in [2.75, 3.05) is 31.3 Å². The van der Waals surface area contributed by atoms with Crippen LogP contribution in [0.1, 0.15) is 12.5 Å². The third-order valence-electron chi connectivity index (χ3n) is 7.23. The third-order valence-corrected chi connectivity index (χ3v) is 8.84. The first-order chi connectivity index (χ1) is 22.0. The van der Waals surface area contributed by atoms with Crippen LogP contribution >= 0.6 is 15.4 Å². The first kappa shape index (κ1) is 33.3. The topological polar surface area (TPSA) is 361 Å². The van der Waals surface area contributed by atoms with E-state index >= 15 is 0 Å². The van der Waals surface area contributed by atoms with Crippen LogP contribution in [0.25, 0.3) is 22.3 Å². The number of hydrogen-bond acceptors (Lipinski definition) is 18. The molecule has 0 aliphatic carbocycles. The van der Waals surface area contributed by atoms with E-state index in [9.17, 15) is 43.8 Å². The van der Waals surface area contributed by atoms with E-state index in [1.54, 1.807) is 0 Å². The Morgan fingerprint density at radius 1 is 0.830 bits per heavy atom. The second-order valence-electron chi connectivity index (χ2n) is 10.6. The van der Waals surface area contributed by atoms with Gasteiger partial charge in [-0.1, -0.05) is 0 Å². The van der Waals surface area contributed by atoms with Crippen LogP contribution in [0.4, 0.5) is 11.9 Å². The van der Waals surface area contributed by atoms with Crippen molar-refractivity contribution >= 4 is 49.6 Å². The van der Waals surface area contributed by atoms with Crippen LogP contribution in [0.3, 0.4) is 0 Å². The van der Waals surface area contributed by atoms with Gasteiger partial charge >= 0.3 is 15.4 Å². The van der Waals surface area contributed by atoms with Gasteiger partial charge in [0, 0.05) is 6.66 Å². The summed E-state index contributed by atoms with van der Waals surface area (Å²) in [5.74, 6) is -0.542. The fourth-order valence-electron chi connectivity index (χ4n) is 5.13. The lowest BCUT2D eigenvalue weighted by Crippen LogP contribution is -2.37. The van der Waals surface area contributed by atoms with E-state index in [0.29, 0.717) is 0 Å². The molecule has 26 heteroatoms. The van der Waals surface area contributed by atoms with Crippen LogP contribution in [0.5, 0.6) is 0 Å². The SMILES string of the molecule is CP(=O)(O)OC[C@H]1O[C@@H](n2cnc3c(=O)[nH]c(N)nc32)[C@@H](O)C1OP(=O)(O)OC[C@H]1O[C@@H](n2cnc3c(=O)[nH]c(N)nc32)[C@@H](O)C1O. The van der Waals surface area contributed by atoms with E-state index in [-0.39, 0.29) is 34.2 Å². The number of aromatic amines is 2. The van der Waals surface area contributed by atoms with Crippen molar-refractivity contribution in [3.8, 4) is 0 Å². The van der Waals surface area contributed by atoms with Gasteiger partial charge in [0.2, 0.25) is 11.9 Å². The van der Waals surface area contributed by atoms with Crippen molar-refractivity contribution in [3.05, 3.63) is 33.4 Å². The van der Waals surface area contributed by atoms with Crippen molar-refractivity contribution in [3.63, 3.8) is 0 Å². The summed E-state index contributed by atoms with van der Waals surface area (Å²) in [5.41, 5.74) is 9.33. The Morgan fingerprint density at radius 2 is 1.32 bits per heavy atom. The average Bonchev–Trinajstić information content (AvgIpc) is 3.72. The molecular weight excluding hydrogens is 678 g/mol. The van der Waals surface area contributed by atoms with E-state index in [4.69, 9.17) is 34.5 Å². The second-order valence-corrected chi connectivity index (χ2v) is 13.9. The molecule has 2 aliphatic rings. The zero-order chi connectivity index (χ0) is 34.0. The fourth-order valence-corrected chi connectivity index (χ4v) is 6.52. The normalized spacial score (nSPS) is 30.6. The molecule has 47 heavy (non-hydrogen) atoms. The van der Waals surface area contributed by atoms with Crippen LogP contribution < -0.4 is 22.6 Å². The standard InChI is InChI=1S/C21H28N10O14P2/c1-46(37,38)41-3-7-13(12(34)19(44-7)31-5-25-9-15(31)27-21(23)29-17(9)36)45-47(39,40)42-2-6-10(32)11(33)18(43-6)30-4-24-8-14(30)26-20(22)28-16(8)35/h4-7,10-13,18-19,32-34H,2-3H2,1H3,(H,37,38)(H,39,40)(H3,22,26,28,35)(H3,23,27,29,36)/t6-,7-,10?,11+,12+,13?,18-,19-/m1/s1. The number of nitrogens with one attached hydrogen (secondary N) is 2. The minimum absolute atomic E-state index is 0.0778. The fraction of sp³-hybridized carbons (Fsp3) is 0.524. The molecule has 0 radical (unpaired) electrons. The van der Waals surface area contributed by atoms with E-state index in [1.807, 2.05) is 0 Å². The van der Waals surface area contributed by atoms with Gasteiger partial charge in [-0.25, -0.2) is 14.5 Å². The number of phosphoric acid groups is 1. The number of H-pyrrole nitrogens is 2. The average molecular weight is 706 g/mol. The summed E-state index contributed by atoms with van der Waals surface area (Å²) in [5, 5.41) is 32.4. The summed E-state index contributed by atoms with van der Waals surface area (Å²) in [7, 11) is -9.30. The lowest BCUT2D eigenvalue weighted by atomic mass is 10.1. The molecule has 0 bridgehead atoms. The molecule has 4 unspecified atom stereocenters. The molecule has 2 aliphatic heterocycles. The summed E-state index contributed by atoms with van der Waals surface area (Å²) < 4.78 is 53.6. The molecule has 0 saturated carbocycles. The minimum atomic E-state index is -5.19. The Balaban J connectivity index is 1.19. The lowest BCUT2D eigenvalue weighted by molar-refractivity contribution is -0.0575. The molecule has 4 aromatic rings. The first-order valence-corrected chi connectivity index (χ1v) is 17.0. The number of aliphatic hydroxyl groups excluding tert-OH is 3. The number of nitrogens with zero attached hydrogens (tertiary/aromatic N) is 6. The van der Waals surface area contributed by atoms with E-state index in [2.05, 4.69) is 29.9 Å². The number of nitrogen functional groups attached to an aromatic ring is 2. The van der Waals surface area contributed by atoms with Crippen LogP contribution in [0.15, 0.2) is 22.2 Å². The number of fused-ring (bicyclic) bond motifs is 2. The lowest BCUT2D eigenvalue weighted by Gasteiger charge is -2.24. The molecule has 10 atom stereocenters. The van der Waals surface area contributed by atoms with Gasteiger partial charge in [0.1, 0.15) is 36.6 Å². The number of nitrogens with two attached hydrogens (primary N) is 2. The first-order valence-electron chi connectivity index (χ1n) is 13.4.